The lowest BCUT2D eigenvalue weighted by molar-refractivity contribution is -0.0330. The van der Waals surface area contributed by atoms with Crippen molar-refractivity contribution in [2.24, 2.45) is 0 Å². The molecule has 0 amide bonds. The molecule has 1 heterocycles. The van der Waals surface area contributed by atoms with E-state index in [4.69, 9.17) is 14.2 Å². The Bertz CT molecular complexity index is 499. The van der Waals surface area contributed by atoms with E-state index >= 15 is 0 Å². The molecule has 1 unspecified atom stereocenters. The van der Waals surface area contributed by atoms with Crippen LogP contribution in [0, 0.1) is 0 Å². The molecule has 0 saturated carbocycles. The smallest absolute Gasteiger partial charge is 0.175 e. The third-order valence-electron chi connectivity index (χ3n) is 3.36. The van der Waals surface area contributed by atoms with Crippen molar-refractivity contribution in [2.75, 3.05) is 13.7 Å². The van der Waals surface area contributed by atoms with Crippen molar-refractivity contribution in [1.29, 1.82) is 0 Å². The molecule has 0 spiro atoms. The van der Waals surface area contributed by atoms with E-state index in [1.807, 2.05) is 0 Å². The van der Waals surface area contributed by atoms with Gasteiger partial charge in [0.2, 0.25) is 0 Å². The summed E-state index contributed by atoms with van der Waals surface area (Å²) in [7, 11) is 1.55. The fourth-order valence-corrected chi connectivity index (χ4v) is 2.89. The minimum atomic E-state index is -0.0727. The maximum absolute atomic E-state index is 10.8. The molecule has 0 aromatic heterocycles. The van der Waals surface area contributed by atoms with Crippen molar-refractivity contribution >= 4 is 22.2 Å². The molecule has 1 aromatic carbocycles. The maximum atomic E-state index is 10.8. The highest BCUT2D eigenvalue weighted by atomic mass is 79.9. The van der Waals surface area contributed by atoms with Gasteiger partial charge >= 0.3 is 0 Å². The number of aldehydes is 1. The minimum Gasteiger partial charge on any atom is -0.493 e. The number of methoxy groups -OCH3 is 1. The monoisotopic (exact) mass is 342 g/mol. The van der Waals surface area contributed by atoms with Crippen molar-refractivity contribution in [1.82, 2.24) is 0 Å². The van der Waals surface area contributed by atoms with E-state index in [0.29, 0.717) is 28.1 Å². The van der Waals surface area contributed by atoms with Crippen molar-refractivity contribution in [3.63, 3.8) is 0 Å². The zero-order valence-electron chi connectivity index (χ0n) is 11.9. The van der Waals surface area contributed by atoms with Crippen molar-refractivity contribution in [2.45, 2.75) is 38.4 Å². The Balaban J connectivity index is 2.08. The fraction of sp³-hybridized carbons (Fsp3) is 0.533. The van der Waals surface area contributed by atoms with E-state index in [2.05, 4.69) is 29.8 Å². The first-order valence-corrected chi connectivity index (χ1v) is 7.38. The summed E-state index contributed by atoms with van der Waals surface area (Å²) < 4.78 is 17.7. The Morgan fingerprint density at radius 3 is 2.80 bits per heavy atom. The van der Waals surface area contributed by atoms with Crippen LogP contribution < -0.4 is 9.47 Å². The van der Waals surface area contributed by atoms with Crippen LogP contribution in [-0.4, -0.2) is 31.7 Å². The molecule has 5 heteroatoms. The molecule has 2 rings (SSSR count). The molecular weight excluding hydrogens is 324 g/mol. The summed E-state index contributed by atoms with van der Waals surface area (Å²) >= 11 is 3.41. The molecule has 0 aliphatic carbocycles. The van der Waals surface area contributed by atoms with Gasteiger partial charge in [-0.15, -0.1) is 0 Å². The summed E-state index contributed by atoms with van der Waals surface area (Å²) in [5.41, 5.74) is 0.468. The second-order valence-corrected chi connectivity index (χ2v) is 6.36. The minimum absolute atomic E-state index is 0.0727. The molecule has 0 bridgehead atoms. The Kier molecular flexibility index (Phi) is 4.70. The van der Waals surface area contributed by atoms with E-state index in [0.717, 1.165) is 19.1 Å². The molecule has 1 aliphatic rings. The van der Waals surface area contributed by atoms with Crippen LogP contribution in [0.5, 0.6) is 11.5 Å². The van der Waals surface area contributed by atoms with Gasteiger partial charge in [-0.1, -0.05) is 0 Å². The van der Waals surface area contributed by atoms with Gasteiger partial charge in [-0.25, -0.2) is 0 Å². The summed E-state index contributed by atoms with van der Waals surface area (Å²) in [4.78, 5) is 10.8. The number of carbonyl (C=O) groups is 1. The van der Waals surface area contributed by atoms with E-state index in [-0.39, 0.29) is 11.7 Å². The number of carbonyl (C=O) groups excluding carboxylic acids is 1. The molecule has 110 valence electrons. The first-order chi connectivity index (χ1) is 9.45. The van der Waals surface area contributed by atoms with Gasteiger partial charge in [0, 0.05) is 5.56 Å². The third kappa shape index (κ3) is 3.52. The zero-order chi connectivity index (χ0) is 14.8. The molecule has 1 saturated heterocycles. The predicted octanol–water partition coefficient (Wildman–Crippen LogP) is 3.61. The highest BCUT2D eigenvalue weighted by Crippen LogP contribution is 2.37. The summed E-state index contributed by atoms with van der Waals surface area (Å²) in [6.45, 7) is 4.64. The van der Waals surface area contributed by atoms with E-state index < -0.39 is 0 Å². The van der Waals surface area contributed by atoms with Gasteiger partial charge < -0.3 is 14.2 Å². The summed E-state index contributed by atoms with van der Waals surface area (Å²) in [6, 6.07) is 3.37. The average Bonchev–Trinajstić information content (AvgIpc) is 2.76. The number of hydrogen-bond donors (Lipinski definition) is 0. The number of ether oxygens (including phenoxy) is 3. The number of halogens is 1. The lowest BCUT2D eigenvalue weighted by atomic mass is 10.1. The molecule has 1 aromatic rings. The van der Waals surface area contributed by atoms with E-state index in [9.17, 15) is 4.79 Å². The van der Waals surface area contributed by atoms with E-state index in [1.54, 1.807) is 19.2 Å². The van der Waals surface area contributed by atoms with Gasteiger partial charge in [0.1, 0.15) is 12.9 Å². The van der Waals surface area contributed by atoms with Gasteiger partial charge in [0.15, 0.2) is 11.5 Å². The lowest BCUT2D eigenvalue weighted by Gasteiger charge is -2.20. The van der Waals surface area contributed by atoms with Crippen LogP contribution in [0.25, 0.3) is 0 Å². The SMILES string of the molecule is COc1cc(C=O)cc(Br)c1OCC1CCC(C)(C)O1. The van der Waals surface area contributed by atoms with Crippen LogP contribution in [0.4, 0.5) is 0 Å². The van der Waals surface area contributed by atoms with Crippen LogP contribution in [0.15, 0.2) is 16.6 Å². The largest absolute Gasteiger partial charge is 0.493 e. The molecule has 0 radical (unpaired) electrons. The van der Waals surface area contributed by atoms with Gasteiger partial charge in [-0.3, -0.25) is 4.79 Å². The topological polar surface area (TPSA) is 44.8 Å². The molecule has 1 fully saturated rings. The van der Waals surface area contributed by atoms with Crippen molar-refractivity contribution < 1.29 is 19.0 Å². The van der Waals surface area contributed by atoms with Crippen LogP contribution >= 0.6 is 15.9 Å². The quantitative estimate of drug-likeness (QED) is 0.767. The highest BCUT2D eigenvalue weighted by molar-refractivity contribution is 9.10. The molecule has 20 heavy (non-hydrogen) atoms. The van der Waals surface area contributed by atoms with Crippen LogP contribution in [-0.2, 0) is 4.74 Å². The van der Waals surface area contributed by atoms with Gasteiger partial charge in [-0.2, -0.15) is 0 Å². The Morgan fingerprint density at radius 1 is 1.50 bits per heavy atom. The van der Waals surface area contributed by atoms with Crippen LogP contribution in [0.2, 0.25) is 0 Å². The first kappa shape index (κ1) is 15.3. The average molecular weight is 343 g/mol. The maximum Gasteiger partial charge on any atom is 0.175 e. The standard InChI is InChI=1S/C15H19BrO4/c1-15(2)5-4-11(20-15)9-19-14-12(16)6-10(8-17)7-13(14)18-3/h6-8,11H,4-5,9H2,1-3H3. The summed E-state index contributed by atoms with van der Waals surface area (Å²) in [5.74, 6) is 1.14. The summed E-state index contributed by atoms with van der Waals surface area (Å²) in [5, 5.41) is 0. The highest BCUT2D eigenvalue weighted by Gasteiger charge is 2.32. The second kappa shape index (κ2) is 6.14. The third-order valence-corrected chi connectivity index (χ3v) is 3.94. The number of hydrogen-bond acceptors (Lipinski definition) is 4. The Morgan fingerprint density at radius 2 is 2.25 bits per heavy atom. The van der Waals surface area contributed by atoms with Gasteiger partial charge in [-0.05, 0) is 54.8 Å². The Labute approximate surface area is 127 Å². The van der Waals surface area contributed by atoms with Crippen molar-refractivity contribution in [3.8, 4) is 11.5 Å². The second-order valence-electron chi connectivity index (χ2n) is 5.50. The van der Waals surface area contributed by atoms with E-state index in [1.165, 1.54) is 0 Å². The molecule has 1 atom stereocenters. The van der Waals surface area contributed by atoms with Gasteiger partial charge in [0.25, 0.3) is 0 Å². The normalized spacial score (nSPS) is 20.7. The van der Waals surface area contributed by atoms with Gasteiger partial charge in [0.05, 0.1) is 23.3 Å². The van der Waals surface area contributed by atoms with Crippen LogP contribution in [0.3, 0.4) is 0 Å². The zero-order valence-corrected chi connectivity index (χ0v) is 13.5. The van der Waals surface area contributed by atoms with Crippen molar-refractivity contribution in [3.05, 3.63) is 22.2 Å². The molecule has 0 N–H and O–H groups in total. The first-order valence-electron chi connectivity index (χ1n) is 6.58. The fourth-order valence-electron chi connectivity index (χ4n) is 2.32. The lowest BCUT2D eigenvalue weighted by Crippen LogP contribution is -2.24. The molecular formula is C15H19BrO4. The van der Waals surface area contributed by atoms with Crippen LogP contribution in [0.1, 0.15) is 37.0 Å². The number of benzene rings is 1. The molecule has 1 aliphatic heterocycles. The molecule has 4 nitrogen and oxygen atoms in total. The Hall–Kier alpha value is -1.07. The predicted molar refractivity (Wildman–Crippen MR) is 79.8 cm³/mol. The number of rotatable bonds is 5. The summed E-state index contributed by atoms with van der Waals surface area (Å²) in [6.07, 6.45) is 2.88.